The van der Waals surface area contributed by atoms with Gasteiger partial charge in [0.2, 0.25) is 0 Å². The third kappa shape index (κ3) is 4.43. The van der Waals surface area contributed by atoms with E-state index in [9.17, 15) is 5.11 Å². The number of ether oxygens (including phenoxy) is 1. The number of hydrogen-bond donors (Lipinski definition) is 1. The number of phenols is 1. The first-order valence-electron chi connectivity index (χ1n) is 9.40. The molecule has 0 radical (unpaired) electrons. The summed E-state index contributed by atoms with van der Waals surface area (Å²) in [6.45, 7) is 4.36. The van der Waals surface area contributed by atoms with Gasteiger partial charge in [0.15, 0.2) is 11.5 Å². The fraction of sp³-hybridized carbons (Fsp3) is 0.208. The fourth-order valence-electron chi connectivity index (χ4n) is 3.16. The van der Waals surface area contributed by atoms with Crippen molar-refractivity contribution in [2.75, 3.05) is 7.11 Å². The monoisotopic (exact) mass is 391 g/mol. The number of aromatic hydroxyl groups is 1. The highest BCUT2D eigenvalue weighted by atomic mass is 31.1. The van der Waals surface area contributed by atoms with Gasteiger partial charge < -0.3 is 9.84 Å². The number of hydrogen-bond acceptors (Lipinski definition) is 3. The summed E-state index contributed by atoms with van der Waals surface area (Å²) in [7, 11) is 2.06. The van der Waals surface area contributed by atoms with Gasteiger partial charge >= 0.3 is 0 Å². The molecule has 0 saturated heterocycles. The maximum absolute atomic E-state index is 10.7. The van der Waals surface area contributed by atoms with Crippen molar-refractivity contribution in [1.29, 1.82) is 0 Å². The highest BCUT2D eigenvalue weighted by molar-refractivity contribution is 7.48. The van der Waals surface area contributed by atoms with E-state index in [-0.39, 0.29) is 10.9 Å². The first-order chi connectivity index (χ1) is 13.6. The van der Waals surface area contributed by atoms with Crippen LogP contribution in [0.2, 0.25) is 0 Å². The molecule has 0 aliphatic heterocycles. The van der Waals surface area contributed by atoms with Gasteiger partial charge in [-0.3, -0.25) is 4.99 Å². The van der Waals surface area contributed by atoms with Crippen molar-refractivity contribution in [3.05, 3.63) is 83.9 Å². The zero-order chi connectivity index (χ0) is 20.0. The van der Waals surface area contributed by atoms with E-state index in [0.717, 1.165) is 23.2 Å². The normalized spacial score (nSPS) is 13.8. The molecule has 28 heavy (non-hydrogen) atoms. The highest BCUT2D eigenvalue weighted by Gasteiger charge is 2.30. The van der Waals surface area contributed by atoms with E-state index in [1.54, 1.807) is 13.2 Å². The minimum absolute atomic E-state index is 0.199. The number of para-hydroxylation sites is 2. The Morgan fingerprint density at radius 2 is 1.71 bits per heavy atom. The lowest BCUT2D eigenvalue weighted by Crippen LogP contribution is -2.20. The van der Waals surface area contributed by atoms with Gasteiger partial charge in [-0.25, -0.2) is 0 Å². The highest BCUT2D eigenvalue weighted by Crippen LogP contribution is 2.49. The Morgan fingerprint density at radius 3 is 2.43 bits per heavy atom. The summed E-state index contributed by atoms with van der Waals surface area (Å²) >= 11 is 0. The molecule has 0 fully saturated rings. The minimum atomic E-state index is -0.199. The van der Waals surface area contributed by atoms with Crippen molar-refractivity contribution in [3.63, 3.8) is 0 Å². The number of aliphatic imine (C=N–C) groups is 1. The topological polar surface area (TPSA) is 41.8 Å². The number of phenolic OH excluding ortho intramolecular Hbond substituents is 1. The lowest BCUT2D eigenvalue weighted by atomic mass is 9.96. The van der Waals surface area contributed by atoms with Gasteiger partial charge in [-0.2, -0.15) is 0 Å². The lowest BCUT2D eigenvalue weighted by Gasteiger charge is -2.31. The van der Waals surface area contributed by atoms with Crippen LogP contribution in [0.5, 0.6) is 11.5 Å². The standard InChI is InChI=1S/C24H26NO2P/c1-4-24(2,20-14-10-15-21(27-3)23(20)26)28-22-16-9-8-11-18(22)17-25-19-12-6-5-7-13-19/h5-17,26,28H,4H2,1-3H3. The van der Waals surface area contributed by atoms with Gasteiger partial charge in [-0.05, 0) is 29.9 Å². The van der Waals surface area contributed by atoms with E-state index in [4.69, 9.17) is 4.74 Å². The van der Waals surface area contributed by atoms with Gasteiger partial charge in [0, 0.05) is 22.5 Å². The maximum atomic E-state index is 10.7. The Bertz CT molecular complexity index is 956. The van der Waals surface area contributed by atoms with E-state index < -0.39 is 0 Å². The summed E-state index contributed by atoms with van der Waals surface area (Å²) in [6.07, 6.45) is 2.83. The Kier molecular flexibility index (Phi) is 6.49. The minimum Gasteiger partial charge on any atom is -0.504 e. The number of rotatable bonds is 7. The zero-order valence-electron chi connectivity index (χ0n) is 16.5. The van der Waals surface area contributed by atoms with Crippen LogP contribution in [-0.4, -0.2) is 18.4 Å². The van der Waals surface area contributed by atoms with Crippen molar-refractivity contribution in [2.45, 2.75) is 25.4 Å². The molecule has 0 aliphatic rings. The Morgan fingerprint density at radius 1 is 1.00 bits per heavy atom. The quantitative estimate of drug-likeness (QED) is 0.410. The second-order valence-corrected chi connectivity index (χ2v) is 8.74. The molecule has 144 valence electrons. The van der Waals surface area contributed by atoms with E-state index >= 15 is 0 Å². The molecule has 3 aromatic rings. The molecule has 3 aromatic carbocycles. The summed E-state index contributed by atoms with van der Waals surface area (Å²) in [6, 6.07) is 24.0. The summed E-state index contributed by atoms with van der Waals surface area (Å²) in [5.41, 5.74) is 2.96. The van der Waals surface area contributed by atoms with Gasteiger partial charge in [0.1, 0.15) is 0 Å². The third-order valence-corrected chi connectivity index (χ3v) is 6.90. The average molecular weight is 391 g/mol. The fourth-order valence-corrected chi connectivity index (χ4v) is 4.74. The Balaban J connectivity index is 1.95. The van der Waals surface area contributed by atoms with Crippen molar-refractivity contribution in [2.24, 2.45) is 4.99 Å². The third-order valence-electron chi connectivity index (χ3n) is 5.00. The number of nitrogens with zero attached hydrogens (tertiary/aromatic N) is 1. The molecule has 1 N–H and O–H groups in total. The van der Waals surface area contributed by atoms with Crippen LogP contribution in [0.3, 0.4) is 0 Å². The molecule has 0 aromatic heterocycles. The van der Waals surface area contributed by atoms with Crippen LogP contribution in [0, 0.1) is 0 Å². The Hall–Kier alpha value is -2.64. The second-order valence-electron chi connectivity index (χ2n) is 6.85. The van der Waals surface area contributed by atoms with E-state index in [0.29, 0.717) is 14.3 Å². The van der Waals surface area contributed by atoms with Crippen LogP contribution < -0.4 is 10.0 Å². The van der Waals surface area contributed by atoms with E-state index in [2.05, 4.69) is 37.0 Å². The van der Waals surface area contributed by atoms with Crippen molar-refractivity contribution in [1.82, 2.24) is 0 Å². The van der Waals surface area contributed by atoms with Crippen molar-refractivity contribution in [3.8, 4) is 11.5 Å². The van der Waals surface area contributed by atoms with Gasteiger partial charge in [-0.1, -0.05) is 77.0 Å². The lowest BCUT2D eigenvalue weighted by molar-refractivity contribution is 0.367. The molecule has 4 heteroatoms. The predicted octanol–water partition coefficient (Wildman–Crippen LogP) is 5.78. The Labute approximate surface area is 168 Å². The molecular weight excluding hydrogens is 365 g/mol. The molecule has 0 amide bonds. The molecule has 2 atom stereocenters. The molecule has 0 bridgehead atoms. The van der Waals surface area contributed by atoms with Crippen LogP contribution in [0.4, 0.5) is 5.69 Å². The van der Waals surface area contributed by atoms with E-state index in [1.165, 1.54) is 5.30 Å². The first-order valence-corrected chi connectivity index (χ1v) is 10.4. The maximum Gasteiger partial charge on any atom is 0.161 e. The molecule has 2 unspecified atom stereocenters. The molecule has 0 aliphatic carbocycles. The first kappa shape index (κ1) is 20.1. The van der Waals surface area contributed by atoms with Gasteiger partial charge in [0.05, 0.1) is 12.8 Å². The van der Waals surface area contributed by atoms with Crippen molar-refractivity contribution < 1.29 is 9.84 Å². The molecule has 0 saturated carbocycles. The zero-order valence-corrected chi connectivity index (χ0v) is 17.5. The second kappa shape index (κ2) is 9.03. The largest absolute Gasteiger partial charge is 0.504 e. The van der Waals surface area contributed by atoms with Gasteiger partial charge in [-0.15, -0.1) is 0 Å². The van der Waals surface area contributed by atoms with Crippen molar-refractivity contribution >= 4 is 25.8 Å². The molecule has 3 nitrogen and oxygen atoms in total. The van der Waals surface area contributed by atoms with Gasteiger partial charge in [0.25, 0.3) is 0 Å². The molecular formula is C24H26NO2P. The van der Waals surface area contributed by atoms with Crippen LogP contribution in [0.1, 0.15) is 31.4 Å². The molecule has 0 heterocycles. The van der Waals surface area contributed by atoms with Crippen LogP contribution in [0.15, 0.2) is 77.8 Å². The van der Waals surface area contributed by atoms with Crippen LogP contribution in [0.25, 0.3) is 0 Å². The summed E-state index contributed by atoms with van der Waals surface area (Å²) < 4.78 is 5.32. The van der Waals surface area contributed by atoms with Crippen LogP contribution in [-0.2, 0) is 5.16 Å². The SMILES string of the molecule is CCC(C)(Pc1ccccc1C=Nc1ccccc1)c1cccc(OC)c1O. The summed E-state index contributed by atoms with van der Waals surface area (Å²) in [5, 5.41) is 11.7. The van der Waals surface area contributed by atoms with Crippen LogP contribution >= 0.6 is 8.58 Å². The van der Waals surface area contributed by atoms with E-state index in [1.807, 2.05) is 54.7 Å². The molecule has 3 rings (SSSR count). The molecule has 0 spiro atoms. The summed E-state index contributed by atoms with van der Waals surface area (Å²) in [5.74, 6) is 0.748. The number of methoxy groups -OCH3 is 1. The summed E-state index contributed by atoms with van der Waals surface area (Å²) in [4.78, 5) is 4.62. The smallest absolute Gasteiger partial charge is 0.161 e. The predicted molar refractivity (Wildman–Crippen MR) is 120 cm³/mol. The average Bonchev–Trinajstić information content (AvgIpc) is 2.74. The number of benzene rings is 3.